The van der Waals surface area contributed by atoms with Gasteiger partial charge in [-0.15, -0.1) is 0 Å². The molecule has 9 heavy (non-hydrogen) atoms. The molecule has 0 bridgehead atoms. The zero-order valence-corrected chi connectivity index (χ0v) is 5.79. The highest BCUT2D eigenvalue weighted by Gasteiger charge is 2.36. The molecule has 1 aliphatic rings. The first-order valence-corrected chi connectivity index (χ1v) is 3.12. The second-order valence-electron chi connectivity index (χ2n) is 2.76. The molecule has 1 saturated heterocycles. The Morgan fingerprint density at radius 3 is 2.44 bits per heavy atom. The van der Waals surface area contributed by atoms with E-state index in [1.807, 2.05) is 18.9 Å². The van der Waals surface area contributed by atoms with E-state index < -0.39 is 0 Å². The van der Waals surface area contributed by atoms with E-state index >= 15 is 0 Å². The Morgan fingerprint density at radius 2 is 2.33 bits per heavy atom. The molecule has 0 saturated carbocycles. The highest BCUT2D eigenvalue weighted by atomic mass is 16.1. The van der Waals surface area contributed by atoms with Crippen molar-refractivity contribution in [2.75, 3.05) is 13.6 Å². The Balaban J connectivity index is 2.49. The second-order valence-corrected chi connectivity index (χ2v) is 2.76. The van der Waals surface area contributed by atoms with Crippen molar-refractivity contribution in [1.29, 1.82) is 0 Å². The maximum atomic E-state index is 10.6. The molecule has 2 atom stereocenters. The molecule has 3 nitrogen and oxygen atoms in total. The van der Waals surface area contributed by atoms with Gasteiger partial charge in [-0.25, -0.2) is 0 Å². The van der Waals surface area contributed by atoms with E-state index in [4.69, 9.17) is 5.73 Å². The first kappa shape index (κ1) is 6.55. The van der Waals surface area contributed by atoms with Crippen LogP contribution in [-0.2, 0) is 4.79 Å². The van der Waals surface area contributed by atoms with E-state index in [2.05, 4.69) is 0 Å². The topological polar surface area (TPSA) is 46.3 Å². The van der Waals surface area contributed by atoms with Crippen molar-refractivity contribution in [3.05, 3.63) is 0 Å². The van der Waals surface area contributed by atoms with E-state index in [9.17, 15) is 4.79 Å². The van der Waals surface area contributed by atoms with Gasteiger partial charge in [0.05, 0.1) is 6.04 Å². The van der Waals surface area contributed by atoms with Crippen LogP contribution < -0.4 is 5.73 Å². The molecule has 1 aliphatic heterocycles. The van der Waals surface area contributed by atoms with E-state index in [-0.39, 0.29) is 11.9 Å². The molecule has 0 aromatic carbocycles. The van der Waals surface area contributed by atoms with Crippen LogP contribution in [0.25, 0.3) is 0 Å². The summed E-state index contributed by atoms with van der Waals surface area (Å²) in [7, 11) is 1.91. The summed E-state index contributed by atoms with van der Waals surface area (Å²) < 4.78 is 0. The number of amides is 1. The van der Waals surface area contributed by atoms with Crippen LogP contribution in [0, 0.1) is 5.92 Å². The summed E-state index contributed by atoms with van der Waals surface area (Å²) in [6, 6.07) is -0.00926. The summed E-state index contributed by atoms with van der Waals surface area (Å²) in [5.74, 6) is 0.253. The van der Waals surface area contributed by atoms with Crippen LogP contribution in [0.15, 0.2) is 0 Å². The second kappa shape index (κ2) is 1.99. The lowest BCUT2D eigenvalue weighted by Crippen LogP contribution is -2.58. The average Bonchev–Trinajstić information content (AvgIpc) is 1.62. The molecule has 0 aromatic heterocycles. The highest BCUT2D eigenvalue weighted by molar-refractivity contribution is 5.81. The number of hydrogen-bond donors (Lipinski definition) is 1. The van der Waals surface area contributed by atoms with Crippen molar-refractivity contribution in [1.82, 2.24) is 4.90 Å². The molecule has 1 heterocycles. The monoisotopic (exact) mass is 128 g/mol. The fourth-order valence-electron chi connectivity index (χ4n) is 1.46. The fraction of sp³-hybridized carbons (Fsp3) is 0.833. The minimum atomic E-state index is -0.198. The average molecular weight is 128 g/mol. The quantitative estimate of drug-likeness (QED) is 0.513. The Morgan fingerprint density at radius 1 is 1.78 bits per heavy atom. The predicted octanol–water partition coefficient (Wildman–Crippen LogP) is -0.578. The van der Waals surface area contributed by atoms with E-state index in [0.717, 1.165) is 6.54 Å². The predicted molar refractivity (Wildman–Crippen MR) is 34.8 cm³/mol. The number of nitrogens with zero attached hydrogens (tertiary/aromatic N) is 1. The standard InChI is InChI=1S/C6H12N2O/c1-4-3-8(2)5(4)6(7)9/h4-5H,3H2,1-2H3,(H2,7,9)/t4?,5-/m1/s1. The molecular weight excluding hydrogens is 116 g/mol. The van der Waals surface area contributed by atoms with Gasteiger partial charge < -0.3 is 5.73 Å². The van der Waals surface area contributed by atoms with Crippen LogP contribution in [0.2, 0.25) is 0 Å². The summed E-state index contributed by atoms with van der Waals surface area (Å²) in [5.41, 5.74) is 5.10. The molecule has 3 heteroatoms. The SMILES string of the molecule is CC1CN(C)[C@H]1C(N)=O. The molecule has 0 aromatic rings. The molecule has 0 radical (unpaired) electrons. The third-order valence-electron chi connectivity index (χ3n) is 1.88. The van der Waals surface area contributed by atoms with Gasteiger partial charge >= 0.3 is 0 Å². The van der Waals surface area contributed by atoms with Crippen molar-refractivity contribution < 1.29 is 4.79 Å². The van der Waals surface area contributed by atoms with Crippen LogP contribution in [-0.4, -0.2) is 30.4 Å². The number of rotatable bonds is 1. The Kier molecular flexibility index (Phi) is 1.45. The zero-order chi connectivity index (χ0) is 7.02. The first-order chi connectivity index (χ1) is 4.13. The van der Waals surface area contributed by atoms with Gasteiger partial charge in [-0.1, -0.05) is 6.92 Å². The summed E-state index contributed by atoms with van der Waals surface area (Å²) in [6.45, 7) is 3.03. The molecule has 1 fully saturated rings. The maximum Gasteiger partial charge on any atom is 0.235 e. The lowest BCUT2D eigenvalue weighted by Gasteiger charge is -2.41. The Hall–Kier alpha value is -0.570. The number of nitrogens with two attached hydrogens (primary N) is 1. The summed E-state index contributed by atoms with van der Waals surface area (Å²) >= 11 is 0. The minimum absolute atomic E-state index is 0.00926. The number of likely N-dealkylation sites (N-methyl/N-ethyl adjacent to an activating group) is 1. The number of carbonyl (C=O) groups is 1. The van der Waals surface area contributed by atoms with Gasteiger partial charge in [-0.3, -0.25) is 9.69 Å². The Labute approximate surface area is 54.8 Å². The third kappa shape index (κ3) is 0.920. The third-order valence-corrected chi connectivity index (χ3v) is 1.88. The van der Waals surface area contributed by atoms with Crippen molar-refractivity contribution in [3.8, 4) is 0 Å². The van der Waals surface area contributed by atoms with Gasteiger partial charge in [0.15, 0.2) is 0 Å². The zero-order valence-electron chi connectivity index (χ0n) is 5.79. The van der Waals surface area contributed by atoms with Gasteiger partial charge in [0, 0.05) is 6.54 Å². The molecule has 1 amide bonds. The van der Waals surface area contributed by atoms with Crippen molar-refractivity contribution in [3.63, 3.8) is 0 Å². The maximum absolute atomic E-state index is 10.6. The van der Waals surface area contributed by atoms with Crippen molar-refractivity contribution >= 4 is 5.91 Å². The van der Waals surface area contributed by atoms with Crippen molar-refractivity contribution in [2.45, 2.75) is 13.0 Å². The Bertz CT molecular complexity index is 127. The summed E-state index contributed by atoms with van der Waals surface area (Å²) in [6.07, 6.45) is 0. The molecule has 0 aliphatic carbocycles. The van der Waals surface area contributed by atoms with E-state index in [1.165, 1.54) is 0 Å². The number of likely N-dealkylation sites (tertiary alicyclic amines) is 1. The largest absolute Gasteiger partial charge is 0.368 e. The number of carbonyl (C=O) groups excluding carboxylic acids is 1. The molecular formula is C6H12N2O. The van der Waals surface area contributed by atoms with Gasteiger partial charge in [-0.2, -0.15) is 0 Å². The highest BCUT2D eigenvalue weighted by Crippen LogP contribution is 2.20. The number of primary amides is 1. The lowest BCUT2D eigenvalue weighted by atomic mass is 9.91. The van der Waals surface area contributed by atoms with E-state index in [1.54, 1.807) is 0 Å². The summed E-state index contributed by atoms with van der Waals surface area (Å²) in [5, 5.41) is 0. The smallest absolute Gasteiger partial charge is 0.235 e. The van der Waals surface area contributed by atoms with Crippen LogP contribution in [0.1, 0.15) is 6.92 Å². The van der Waals surface area contributed by atoms with Crippen LogP contribution in [0.4, 0.5) is 0 Å². The first-order valence-electron chi connectivity index (χ1n) is 3.12. The molecule has 52 valence electrons. The van der Waals surface area contributed by atoms with E-state index in [0.29, 0.717) is 5.92 Å². The van der Waals surface area contributed by atoms with Gasteiger partial charge in [0.1, 0.15) is 0 Å². The summed E-state index contributed by atoms with van der Waals surface area (Å²) in [4.78, 5) is 12.5. The molecule has 1 rings (SSSR count). The van der Waals surface area contributed by atoms with Crippen LogP contribution in [0.3, 0.4) is 0 Å². The molecule has 2 N–H and O–H groups in total. The minimum Gasteiger partial charge on any atom is -0.368 e. The fourth-order valence-corrected chi connectivity index (χ4v) is 1.46. The lowest BCUT2D eigenvalue weighted by molar-refractivity contribution is -0.130. The van der Waals surface area contributed by atoms with Crippen LogP contribution >= 0.6 is 0 Å². The van der Waals surface area contributed by atoms with Crippen molar-refractivity contribution in [2.24, 2.45) is 11.7 Å². The van der Waals surface area contributed by atoms with Crippen LogP contribution in [0.5, 0.6) is 0 Å². The van der Waals surface area contributed by atoms with Gasteiger partial charge in [0.25, 0.3) is 0 Å². The van der Waals surface area contributed by atoms with Gasteiger partial charge in [0.2, 0.25) is 5.91 Å². The number of hydrogen-bond acceptors (Lipinski definition) is 2. The molecule has 1 unspecified atom stereocenters. The molecule has 0 spiro atoms. The normalized spacial score (nSPS) is 35.8. The van der Waals surface area contributed by atoms with Gasteiger partial charge in [-0.05, 0) is 13.0 Å².